The number of carbonyl (C=O) groups is 1. The van der Waals surface area contributed by atoms with Crippen LogP contribution in [0.1, 0.15) is 21.6 Å². The Morgan fingerprint density at radius 2 is 1.96 bits per heavy atom. The second kappa shape index (κ2) is 6.42. The highest BCUT2D eigenvalue weighted by atomic mass is 16.5. The lowest BCUT2D eigenvalue weighted by Gasteiger charge is -2.12. The van der Waals surface area contributed by atoms with Crippen LogP contribution in [0.5, 0.6) is 11.5 Å². The lowest BCUT2D eigenvalue weighted by atomic mass is 10.1. The number of methoxy groups -OCH3 is 1. The molecule has 0 saturated carbocycles. The van der Waals surface area contributed by atoms with Crippen LogP contribution in [0.4, 0.5) is 0 Å². The molecule has 0 amide bonds. The average molecular weight is 320 g/mol. The summed E-state index contributed by atoms with van der Waals surface area (Å²) in [6, 6.07) is 13.4. The van der Waals surface area contributed by atoms with Gasteiger partial charge in [0.05, 0.1) is 23.9 Å². The van der Waals surface area contributed by atoms with E-state index >= 15 is 0 Å². The first-order chi connectivity index (χ1) is 11.6. The molecule has 1 N–H and O–H groups in total. The van der Waals surface area contributed by atoms with Crippen LogP contribution in [-0.2, 0) is 0 Å². The second-order valence-electron chi connectivity index (χ2n) is 5.16. The summed E-state index contributed by atoms with van der Waals surface area (Å²) in [5.74, 6) is -0.934. The summed E-state index contributed by atoms with van der Waals surface area (Å²) in [6.07, 6.45) is 3.39. The number of hydrogen-bond acceptors (Lipinski definition) is 4. The number of hydrogen-bond donors (Lipinski definition) is 1. The molecule has 0 atom stereocenters. The zero-order valence-electron chi connectivity index (χ0n) is 12.9. The SMILES string of the molecule is COc1ccc(/C=C/c2cc(C(=O)O)c3ccccc3n2)cc1[O-]. The van der Waals surface area contributed by atoms with Crippen molar-refractivity contribution in [2.24, 2.45) is 0 Å². The first-order valence-corrected chi connectivity index (χ1v) is 7.24. The van der Waals surface area contributed by atoms with Crippen molar-refractivity contribution in [3.63, 3.8) is 0 Å². The van der Waals surface area contributed by atoms with Crippen LogP contribution in [0, 0.1) is 0 Å². The van der Waals surface area contributed by atoms with Crippen molar-refractivity contribution in [1.82, 2.24) is 4.98 Å². The number of ether oxygens (including phenoxy) is 1. The summed E-state index contributed by atoms with van der Waals surface area (Å²) in [4.78, 5) is 15.9. The minimum atomic E-state index is -1.01. The molecule has 5 nitrogen and oxygen atoms in total. The molecule has 0 aliphatic carbocycles. The fourth-order valence-electron chi connectivity index (χ4n) is 2.44. The Bertz CT molecular complexity index is 947. The molecule has 0 aliphatic heterocycles. The van der Waals surface area contributed by atoms with Crippen LogP contribution in [0.25, 0.3) is 23.1 Å². The Labute approximate surface area is 138 Å². The number of nitrogens with zero attached hydrogens (tertiary/aromatic N) is 1. The highest BCUT2D eigenvalue weighted by Crippen LogP contribution is 2.25. The number of carboxylic acid groups (broad SMARTS) is 1. The fourth-order valence-corrected chi connectivity index (χ4v) is 2.44. The van der Waals surface area contributed by atoms with Crippen molar-refractivity contribution in [3.05, 3.63) is 65.4 Å². The molecule has 24 heavy (non-hydrogen) atoms. The Morgan fingerprint density at radius 3 is 2.67 bits per heavy atom. The maximum atomic E-state index is 11.7. The number of benzene rings is 2. The Morgan fingerprint density at radius 1 is 1.17 bits per heavy atom. The summed E-state index contributed by atoms with van der Waals surface area (Å²) in [6.45, 7) is 0. The van der Waals surface area contributed by atoms with Crippen LogP contribution < -0.4 is 9.84 Å². The summed E-state index contributed by atoms with van der Waals surface area (Å²) in [7, 11) is 1.44. The van der Waals surface area contributed by atoms with Crippen molar-refractivity contribution >= 4 is 29.0 Å². The van der Waals surface area contributed by atoms with Crippen LogP contribution >= 0.6 is 0 Å². The Hall–Kier alpha value is -3.34. The van der Waals surface area contributed by atoms with Gasteiger partial charge in [-0.2, -0.15) is 0 Å². The molecule has 0 fully saturated rings. The number of carboxylic acids is 1. The second-order valence-corrected chi connectivity index (χ2v) is 5.16. The summed E-state index contributed by atoms with van der Waals surface area (Å²) >= 11 is 0. The Kier molecular flexibility index (Phi) is 4.16. The van der Waals surface area contributed by atoms with Crippen LogP contribution in [0.15, 0.2) is 48.5 Å². The van der Waals surface area contributed by atoms with Gasteiger partial charge in [0.2, 0.25) is 0 Å². The van der Waals surface area contributed by atoms with E-state index in [1.54, 1.807) is 42.5 Å². The molecule has 0 bridgehead atoms. The third-order valence-corrected chi connectivity index (χ3v) is 3.60. The van der Waals surface area contributed by atoms with E-state index in [1.807, 2.05) is 6.07 Å². The highest BCUT2D eigenvalue weighted by molar-refractivity contribution is 6.03. The van der Waals surface area contributed by atoms with E-state index in [-0.39, 0.29) is 17.1 Å². The highest BCUT2D eigenvalue weighted by Gasteiger charge is 2.10. The number of aromatic nitrogens is 1. The van der Waals surface area contributed by atoms with E-state index in [0.29, 0.717) is 22.2 Å². The molecule has 0 spiro atoms. The third kappa shape index (κ3) is 3.05. The van der Waals surface area contributed by atoms with Gasteiger partial charge in [-0.15, -0.1) is 0 Å². The van der Waals surface area contributed by atoms with E-state index in [1.165, 1.54) is 19.2 Å². The molecule has 3 aromatic rings. The normalized spacial score (nSPS) is 11.0. The molecule has 2 aromatic carbocycles. The first-order valence-electron chi connectivity index (χ1n) is 7.24. The van der Waals surface area contributed by atoms with Crippen molar-refractivity contribution in [3.8, 4) is 11.5 Å². The van der Waals surface area contributed by atoms with E-state index < -0.39 is 5.97 Å². The van der Waals surface area contributed by atoms with Crippen molar-refractivity contribution in [2.75, 3.05) is 7.11 Å². The topological polar surface area (TPSA) is 82.5 Å². The fraction of sp³-hybridized carbons (Fsp3) is 0.0526. The molecule has 5 heteroatoms. The zero-order valence-corrected chi connectivity index (χ0v) is 12.9. The summed E-state index contributed by atoms with van der Waals surface area (Å²) < 4.78 is 4.94. The zero-order chi connectivity index (χ0) is 17.1. The standard InChI is InChI=1S/C19H15NO4/c1-24-18-9-7-12(10-17(18)21)6-8-13-11-15(19(22)23)14-4-2-3-5-16(14)20-13/h2-11,21H,1H3,(H,22,23)/p-1/b8-6+. The van der Waals surface area contributed by atoms with E-state index in [9.17, 15) is 15.0 Å². The van der Waals surface area contributed by atoms with Crippen LogP contribution in [0.2, 0.25) is 0 Å². The van der Waals surface area contributed by atoms with Gasteiger partial charge in [0, 0.05) is 5.39 Å². The van der Waals surface area contributed by atoms with Gasteiger partial charge in [-0.25, -0.2) is 9.78 Å². The van der Waals surface area contributed by atoms with Gasteiger partial charge >= 0.3 is 5.97 Å². The molecule has 120 valence electrons. The van der Waals surface area contributed by atoms with E-state index in [2.05, 4.69) is 4.98 Å². The number of aromatic carboxylic acids is 1. The van der Waals surface area contributed by atoms with Gasteiger partial charge in [0.25, 0.3) is 0 Å². The predicted molar refractivity (Wildman–Crippen MR) is 90.1 cm³/mol. The average Bonchev–Trinajstić information content (AvgIpc) is 2.59. The molecule has 1 heterocycles. The number of rotatable bonds is 4. The van der Waals surface area contributed by atoms with Crippen LogP contribution in [0.3, 0.4) is 0 Å². The van der Waals surface area contributed by atoms with Gasteiger partial charge in [0.15, 0.2) is 0 Å². The lowest BCUT2D eigenvalue weighted by molar-refractivity contribution is -0.270. The lowest BCUT2D eigenvalue weighted by Crippen LogP contribution is -2.00. The first kappa shape index (κ1) is 15.6. The molecular formula is C19H14NO4-. The molecule has 1 aromatic heterocycles. The quantitative estimate of drug-likeness (QED) is 0.798. The minimum Gasteiger partial charge on any atom is -0.870 e. The molecule has 0 radical (unpaired) electrons. The molecule has 0 saturated heterocycles. The summed E-state index contributed by atoms with van der Waals surface area (Å²) in [5, 5.41) is 21.7. The molecule has 3 rings (SSSR count). The largest absolute Gasteiger partial charge is 0.870 e. The van der Waals surface area contributed by atoms with Gasteiger partial charge in [0.1, 0.15) is 5.75 Å². The van der Waals surface area contributed by atoms with Crippen molar-refractivity contribution < 1.29 is 19.7 Å². The maximum absolute atomic E-state index is 11.7. The minimum absolute atomic E-state index is 0.194. The van der Waals surface area contributed by atoms with E-state index in [4.69, 9.17) is 4.74 Å². The van der Waals surface area contributed by atoms with E-state index in [0.717, 1.165) is 0 Å². The smallest absolute Gasteiger partial charge is 0.336 e. The number of fused-ring (bicyclic) bond motifs is 1. The van der Waals surface area contributed by atoms with Crippen molar-refractivity contribution in [1.29, 1.82) is 0 Å². The third-order valence-electron chi connectivity index (χ3n) is 3.60. The molecule has 0 unspecified atom stereocenters. The summed E-state index contributed by atoms with van der Waals surface area (Å²) in [5.41, 5.74) is 2.00. The molecule has 0 aliphatic rings. The monoisotopic (exact) mass is 320 g/mol. The maximum Gasteiger partial charge on any atom is 0.336 e. The Balaban J connectivity index is 2.00. The molecular weight excluding hydrogens is 306 g/mol. The van der Waals surface area contributed by atoms with Crippen LogP contribution in [-0.4, -0.2) is 23.2 Å². The number of pyridine rings is 1. The van der Waals surface area contributed by atoms with Gasteiger partial charge in [-0.3, -0.25) is 0 Å². The number of para-hydroxylation sites is 1. The predicted octanol–water partition coefficient (Wildman–Crippen LogP) is 3.19. The van der Waals surface area contributed by atoms with Gasteiger partial charge in [-0.05, 0) is 29.8 Å². The van der Waals surface area contributed by atoms with Gasteiger partial charge in [-0.1, -0.05) is 42.2 Å². The van der Waals surface area contributed by atoms with Gasteiger partial charge < -0.3 is 14.9 Å². The van der Waals surface area contributed by atoms with Crippen molar-refractivity contribution in [2.45, 2.75) is 0 Å².